The molecule has 2 heterocycles. The van der Waals surface area contributed by atoms with Crippen molar-refractivity contribution in [2.75, 3.05) is 5.32 Å². The summed E-state index contributed by atoms with van der Waals surface area (Å²) in [5, 5.41) is 3.43. The zero-order chi connectivity index (χ0) is 14.8. The molecule has 3 rings (SSSR count). The average Bonchev–Trinajstić information content (AvgIpc) is 2.49. The molecule has 0 saturated heterocycles. The lowest BCUT2D eigenvalue weighted by atomic mass is 10.1. The highest BCUT2D eigenvalue weighted by atomic mass is 16.2. The third-order valence-electron chi connectivity index (χ3n) is 3.15. The molecule has 1 aromatic carbocycles. The molecule has 0 fully saturated rings. The highest BCUT2D eigenvalue weighted by Crippen LogP contribution is 2.11. The van der Waals surface area contributed by atoms with Gasteiger partial charge in [-0.1, -0.05) is 24.3 Å². The van der Waals surface area contributed by atoms with E-state index in [1.807, 2.05) is 31.2 Å². The molecular weight excluding hydrogens is 266 g/mol. The van der Waals surface area contributed by atoms with Crippen LogP contribution in [0.2, 0.25) is 0 Å². The van der Waals surface area contributed by atoms with Crippen molar-refractivity contribution in [1.82, 2.24) is 9.97 Å². The molecule has 0 radical (unpaired) electrons. The number of hydrogen-bond acceptors (Lipinski definition) is 3. The van der Waals surface area contributed by atoms with Crippen molar-refractivity contribution in [3.8, 4) is 0 Å². The molecule has 0 atom stereocenters. The lowest BCUT2D eigenvalue weighted by Crippen LogP contribution is -2.23. The fraction of sp³-hybridized carbons (Fsp3) is 0.0625. The van der Waals surface area contributed by atoms with Crippen LogP contribution >= 0.6 is 0 Å². The molecule has 104 valence electrons. The first-order chi connectivity index (χ1) is 10.1. The van der Waals surface area contributed by atoms with E-state index in [0.29, 0.717) is 11.3 Å². The number of aromatic amines is 1. The number of H-pyrrole nitrogens is 1. The first kappa shape index (κ1) is 13.1. The van der Waals surface area contributed by atoms with Crippen molar-refractivity contribution >= 4 is 22.6 Å². The van der Waals surface area contributed by atoms with Crippen LogP contribution < -0.4 is 10.9 Å². The van der Waals surface area contributed by atoms with Crippen LogP contribution in [-0.2, 0) is 0 Å². The smallest absolute Gasteiger partial charge is 0.262 e. The Kier molecular flexibility index (Phi) is 3.23. The van der Waals surface area contributed by atoms with Gasteiger partial charge in [0.15, 0.2) is 0 Å². The fourth-order valence-electron chi connectivity index (χ4n) is 2.04. The van der Waals surface area contributed by atoms with Crippen LogP contribution in [0.25, 0.3) is 10.9 Å². The summed E-state index contributed by atoms with van der Waals surface area (Å²) in [5.41, 5.74) is 1.35. The number of anilines is 1. The SMILES string of the molecule is Cc1ccc(NC(=O)c2cc3ccccc3[nH]c2=O)nc1. The second kappa shape index (κ2) is 5.20. The minimum Gasteiger partial charge on any atom is -0.321 e. The Hall–Kier alpha value is -2.95. The maximum Gasteiger partial charge on any atom is 0.262 e. The number of fused-ring (bicyclic) bond motifs is 1. The van der Waals surface area contributed by atoms with E-state index in [9.17, 15) is 9.59 Å². The molecule has 0 spiro atoms. The summed E-state index contributed by atoms with van der Waals surface area (Å²) in [6.07, 6.45) is 1.65. The van der Waals surface area contributed by atoms with Crippen LogP contribution in [0.5, 0.6) is 0 Å². The topological polar surface area (TPSA) is 74.8 Å². The summed E-state index contributed by atoms with van der Waals surface area (Å²) in [7, 11) is 0. The van der Waals surface area contributed by atoms with Gasteiger partial charge in [-0.2, -0.15) is 0 Å². The number of benzene rings is 1. The minimum absolute atomic E-state index is 0.0658. The van der Waals surface area contributed by atoms with Crippen molar-refractivity contribution in [2.45, 2.75) is 6.92 Å². The third-order valence-corrected chi connectivity index (χ3v) is 3.15. The number of nitrogens with zero attached hydrogens (tertiary/aromatic N) is 1. The summed E-state index contributed by atoms with van der Waals surface area (Å²) < 4.78 is 0. The molecule has 2 aromatic heterocycles. The Labute approximate surface area is 120 Å². The van der Waals surface area contributed by atoms with Crippen LogP contribution in [0.1, 0.15) is 15.9 Å². The number of pyridine rings is 2. The largest absolute Gasteiger partial charge is 0.321 e. The van der Waals surface area contributed by atoms with E-state index in [2.05, 4.69) is 15.3 Å². The van der Waals surface area contributed by atoms with Gasteiger partial charge in [0.05, 0.1) is 0 Å². The number of amides is 1. The molecule has 0 aliphatic heterocycles. The van der Waals surface area contributed by atoms with Gasteiger partial charge in [-0.3, -0.25) is 9.59 Å². The van der Waals surface area contributed by atoms with Crippen molar-refractivity contribution in [3.05, 3.63) is 70.1 Å². The zero-order valence-electron chi connectivity index (χ0n) is 11.4. The highest BCUT2D eigenvalue weighted by Gasteiger charge is 2.12. The summed E-state index contributed by atoms with van der Waals surface area (Å²) in [4.78, 5) is 31.0. The van der Waals surface area contributed by atoms with Gasteiger partial charge in [0, 0.05) is 11.7 Å². The predicted molar refractivity (Wildman–Crippen MR) is 81.5 cm³/mol. The van der Waals surface area contributed by atoms with E-state index >= 15 is 0 Å². The van der Waals surface area contributed by atoms with Crippen molar-refractivity contribution in [3.63, 3.8) is 0 Å². The van der Waals surface area contributed by atoms with E-state index in [1.54, 1.807) is 24.4 Å². The highest BCUT2D eigenvalue weighted by molar-refractivity contribution is 6.05. The zero-order valence-corrected chi connectivity index (χ0v) is 11.4. The quantitative estimate of drug-likeness (QED) is 0.756. The maximum atomic E-state index is 12.2. The van der Waals surface area contributed by atoms with Gasteiger partial charge >= 0.3 is 0 Å². The van der Waals surface area contributed by atoms with Gasteiger partial charge in [-0.15, -0.1) is 0 Å². The van der Waals surface area contributed by atoms with Gasteiger partial charge in [0.1, 0.15) is 11.4 Å². The molecule has 0 unspecified atom stereocenters. The second-order valence-corrected chi connectivity index (χ2v) is 4.77. The van der Waals surface area contributed by atoms with Gasteiger partial charge in [0.2, 0.25) is 0 Å². The van der Waals surface area contributed by atoms with Crippen molar-refractivity contribution in [1.29, 1.82) is 0 Å². The van der Waals surface area contributed by atoms with Crippen LogP contribution in [0.4, 0.5) is 5.82 Å². The molecule has 5 nitrogen and oxygen atoms in total. The van der Waals surface area contributed by atoms with E-state index in [4.69, 9.17) is 0 Å². The first-order valence-corrected chi connectivity index (χ1v) is 6.49. The summed E-state index contributed by atoms with van der Waals surface area (Å²) in [6.45, 7) is 1.91. The van der Waals surface area contributed by atoms with E-state index < -0.39 is 11.5 Å². The van der Waals surface area contributed by atoms with Crippen LogP contribution in [0.15, 0.2) is 53.5 Å². The van der Waals surface area contributed by atoms with Crippen LogP contribution in [-0.4, -0.2) is 15.9 Å². The lowest BCUT2D eigenvalue weighted by Gasteiger charge is -2.05. The fourth-order valence-corrected chi connectivity index (χ4v) is 2.04. The maximum absolute atomic E-state index is 12.2. The Balaban J connectivity index is 1.95. The van der Waals surface area contributed by atoms with Crippen molar-refractivity contribution < 1.29 is 4.79 Å². The number of para-hydroxylation sites is 1. The lowest BCUT2D eigenvalue weighted by molar-refractivity contribution is 0.102. The van der Waals surface area contributed by atoms with E-state index in [1.165, 1.54) is 0 Å². The number of carbonyl (C=O) groups is 1. The minimum atomic E-state index is -0.474. The normalized spacial score (nSPS) is 10.5. The molecule has 2 N–H and O–H groups in total. The Morgan fingerprint density at radius 1 is 1.19 bits per heavy atom. The van der Waals surface area contributed by atoms with Gasteiger partial charge in [-0.05, 0) is 36.1 Å². The van der Waals surface area contributed by atoms with Gasteiger partial charge in [0.25, 0.3) is 11.5 Å². The second-order valence-electron chi connectivity index (χ2n) is 4.77. The third kappa shape index (κ3) is 2.67. The van der Waals surface area contributed by atoms with Crippen LogP contribution in [0, 0.1) is 6.92 Å². The van der Waals surface area contributed by atoms with E-state index in [0.717, 1.165) is 10.9 Å². The van der Waals surface area contributed by atoms with E-state index in [-0.39, 0.29) is 5.56 Å². The number of rotatable bonds is 2. The number of aromatic nitrogens is 2. The average molecular weight is 279 g/mol. The summed E-state index contributed by atoms with van der Waals surface area (Å²) in [5.74, 6) is -0.0588. The predicted octanol–water partition coefficient (Wildman–Crippen LogP) is 2.48. The molecule has 0 saturated carbocycles. The van der Waals surface area contributed by atoms with Crippen molar-refractivity contribution in [2.24, 2.45) is 0 Å². The monoisotopic (exact) mass is 279 g/mol. The molecule has 5 heteroatoms. The molecule has 0 bridgehead atoms. The van der Waals surface area contributed by atoms with Gasteiger partial charge in [-0.25, -0.2) is 4.98 Å². The number of carbonyl (C=O) groups excluding carboxylic acids is 1. The summed E-state index contributed by atoms with van der Waals surface area (Å²) >= 11 is 0. The molecule has 1 amide bonds. The molecule has 3 aromatic rings. The van der Waals surface area contributed by atoms with Crippen LogP contribution in [0.3, 0.4) is 0 Å². The Morgan fingerprint density at radius 2 is 2.00 bits per heavy atom. The molecular formula is C16H13N3O2. The summed E-state index contributed by atoms with van der Waals surface area (Å²) in [6, 6.07) is 12.4. The molecule has 21 heavy (non-hydrogen) atoms. The number of hydrogen-bond donors (Lipinski definition) is 2. The number of nitrogens with one attached hydrogen (secondary N) is 2. The molecule has 0 aliphatic rings. The first-order valence-electron chi connectivity index (χ1n) is 6.49. The Bertz CT molecular complexity index is 867. The number of aryl methyl sites for hydroxylation is 1. The standard InChI is InChI=1S/C16H13N3O2/c1-10-6-7-14(17-9-10)19-16(21)12-8-11-4-2-3-5-13(11)18-15(12)20/h2-9H,1H3,(H,18,20)(H,17,19,21). The Morgan fingerprint density at radius 3 is 2.76 bits per heavy atom. The van der Waals surface area contributed by atoms with Gasteiger partial charge < -0.3 is 10.3 Å². The molecule has 0 aliphatic carbocycles.